The lowest BCUT2D eigenvalue weighted by Crippen LogP contribution is -2.47. The molecule has 2 fully saturated rings. The molecule has 0 saturated carbocycles. The number of amides is 1. The van der Waals surface area contributed by atoms with Crippen LogP contribution in [0, 0.1) is 5.92 Å². The lowest BCUT2D eigenvalue weighted by atomic mass is 9.97. The number of rotatable bonds is 8. The predicted octanol–water partition coefficient (Wildman–Crippen LogP) is 2.53. The van der Waals surface area contributed by atoms with Crippen molar-refractivity contribution in [3.8, 4) is 0 Å². The maximum Gasteiger partial charge on any atom is 0.232 e. The highest BCUT2D eigenvalue weighted by molar-refractivity contribution is 14.0. The number of hydrogen-bond acceptors (Lipinski definition) is 4. The zero-order chi connectivity index (χ0) is 21.9. The van der Waals surface area contributed by atoms with Crippen molar-refractivity contribution in [3.63, 3.8) is 0 Å². The summed E-state index contributed by atoms with van der Waals surface area (Å²) in [5.41, 5.74) is 1.03. The highest BCUT2D eigenvalue weighted by atomic mass is 127. The molecule has 0 aromatic heterocycles. The second-order valence-electron chi connectivity index (χ2n) is 8.66. The van der Waals surface area contributed by atoms with Crippen LogP contribution in [0.25, 0.3) is 0 Å². The standard InChI is InChI=1S/C24H39N5O2.HI/c1-20-9-13-28(14-10-20)12-6-11-26-24(25-2)27-19-22(21-7-4-3-5-8-21)23(30)29-15-17-31-18-16-29;/h3-5,7-8,20,22H,6,9-19H2,1-2H3,(H2,25,26,27);1H. The summed E-state index contributed by atoms with van der Waals surface area (Å²) in [6.07, 6.45) is 3.72. The van der Waals surface area contributed by atoms with E-state index >= 15 is 0 Å². The molecular formula is C24H40IN5O2. The summed E-state index contributed by atoms with van der Waals surface area (Å²) in [5.74, 6) is 1.53. The van der Waals surface area contributed by atoms with E-state index < -0.39 is 0 Å². The molecule has 1 atom stereocenters. The second kappa shape index (κ2) is 14.7. The molecule has 1 unspecified atom stereocenters. The summed E-state index contributed by atoms with van der Waals surface area (Å²) in [7, 11) is 1.78. The van der Waals surface area contributed by atoms with Crippen molar-refractivity contribution in [2.45, 2.75) is 32.1 Å². The average Bonchev–Trinajstić information content (AvgIpc) is 2.82. The van der Waals surface area contributed by atoms with E-state index in [-0.39, 0.29) is 35.8 Å². The van der Waals surface area contributed by atoms with Crippen molar-refractivity contribution in [3.05, 3.63) is 35.9 Å². The minimum Gasteiger partial charge on any atom is -0.378 e. The molecule has 0 radical (unpaired) electrons. The van der Waals surface area contributed by atoms with Gasteiger partial charge in [0.1, 0.15) is 0 Å². The molecule has 32 heavy (non-hydrogen) atoms. The van der Waals surface area contributed by atoms with Crippen molar-refractivity contribution in [2.24, 2.45) is 10.9 Å². The van der Waals surface area contributed by atoms with E-state index in [0.29, 0.717) is 32.8 Å². The number of piperidine rings is 1. The van der Waals surface area contributed by atoms with Crippen LogP contribution in [0.5, 0.6) is 0 Å². The molecular weight excluding hydrogens is 517 g/mol. The highest BCUT2D eigenvalue weighted by Crippen LogP contribution is 2.19. The summed E-state index contributed by atoms with van der Waals surface area (Å²) >= 11 is 0. The number of likely N-dealkylation sites (tertiary alicyclic amines) is 1. The molecule has 2 N–H and O–H groups in total. The summed E-state index contributed by atoms with van der Waals surface area (Å²) in [5, 5.41) is 6.79. The lowest BCUT2D eigenvalue weighted by Gasteiger charge is -2.31. The van der Waals surface area contributed by atoms with Crippen molar-refractivity contribution in [1.82, 2.24) is 20.4 Å². The molecule has 2 aliphatic heterocycles. The molecule has 3 rings (SSSR count). The summed E-state index contributed by atoms with van der Waals surface area (Å²) in [6.45, 7) is 9.84. The number of halogens is 1. The molecule has 0 spiro atoms. The van der Waals surface area contributed by atoms with E-state index in [1.807, 2.05) is 35.2 Å². The second-order valence-corrected chi connectivity index (χ2v) is 8.66. The van der Waals surface area contributed by atoms with Crippen LogP contribution in [0.2, 0.25) is 0 Å². The third kappa shape index (κ3) is 8.51. The van der Waals surface area contributed by atoms with E-state index in [1.54, 1.807) is 7.05 Å². The van der Waals surface area contributed by atoms with Crippen molar-refractivity contribution in [2.75, 3.05) is 66.1 Å². The van der Waals surface area contributed by atoms with Crippen LogP contribution in [-0.2, 0) is 9.53 Å². The SMILES string of the molecule is CN=C(NCCCN1CCC(C)CC1)NCC(C(=O)N1CCOCC1)c1ccccc1.I. The molecule has 2 saturated heterocycles. The van der Waals surface area contributed by atoms with Crippen LogP contribution in [0.1, 0.15) is 37.7 Å². The number of hydrogen-bond donors (Lipinski definition) is 2. The summed E-state index contributed by atoms with van der Waals surface area (Å²) in [4.78, 5) is 22.1. The Kier molecular flexibility index (Phi) is 12.3. The number of morpholine rings is 1. The lowest BCUT2D eigenvalue weighted by molar-refractivity contribution is -0.136. The summed E-state index contributed by atoms with van der Waals surface area (Å²) < 4.78 is 5.41. The van der Waals surface area contributed by atoms with Crippen LogP contribution in [0.4, 0.5) is 0 Å². The zero-order valence-corrected chi connectivity index (χ0v) is 21.9. The van der Waals surface area contributed by atoms with Gasteiger partial charge in [0.05, 0.1) is 19.1 Å². The van der Waals surface area contributed by atoms with Crippen molar-refractivity contribution < 1.29 is 9.53 Å². The van der Waals surface area contributed by atoms with E-state index in [2.05, 4.69) is 27.4 Å². The first-order chi connectivity index (χ1) is 15.2. The number of guanidine groups is 1. The molecule has 7 nitrogen and oxygen atoms in total. The van der Waals surface area contributed by atoms with Crippen LogP contribution < -0.4 is 10.6 Å². The molecule has 8 heteroatoms. The van der Waals surface area contributed by atoms with Gasteiger partial charge in [-0.15, -0.1) is 24.0 Å². The third-order valence-electron chi connectivity index (χ3n) is 6.34. The molecule has 1 aromatic carbocycles. The Bertz CT molecular complexity index is 689. The van der Waals surface area contributed by atoms with E-state index in [9.17, 15) is 4.79 Å². The van der Waals surface area contributed by atoms with Crippen molar-refractivity contribution in [1.29, 1.82) is 0 Å². The van der Waals surface area contributed by atoms with Gasteiger partial charge in [-0.05, 0) is 50.4 Å². The fourth-order valence-electron chi connectivity index (χ4n) is 4.25. The zero-order valence-electron chi connectivity index (χ0n) is 19.6. The normalized spacial score (nSPS) is 19.2. The smallest absolute Gasteiger partial charge is 0.232 e. The molecule has 2 heterocycles. The fourth-order valence-corrected chi connectivity index (χ4v) is 4.25. The van der Waals surface area contributed by atoms with Crippen LogP contribution in [0.15, 0.2) is 35.3 Å². The molecule has 2 aliphatic rings. The first kappa shape index (κ1) is 26.9. The average molecular weight is 558 g/mol. The Morgan fingerprint density at radius 2 is 1.81 bits per heavy atom. The van der Waals surface area contributed by atoms with Gasteiger partial charge in [0.25, 0.3) is 0 Å². The van der Waals surface area contributed by atoms with Gasteiger partial charge in [-0.1, -0.05) is 37.3 Å². The predicted molar refractivity (Wildman–Crippen MR) is 141 cm³/mol. The molecule has 1 aromatic rings. The molecule has 180 valence electrons. The number of carbonyl (C=O) groups is 1. The monoisotopic (exact) mass is 557 g/mol. The maximum absolute atomic E-state index is 13.2. The molecule has 1 amide bonds. The van der Waals surface area contributed by atoms with E-state index in [0.717, 1.165) is 37.0 Å². The maximum atomic E-state index is 13.2. The number of aliphatic imine (C=N–C) groups is 1. The first-order valence-corrected chi connectivity index (χ1v) is 11.8. The Labute approximate surface area is 210 Å². The van der Waals surface area contributed by atoms with Gasteiger partial charge in [-0.2, -0.15) is 0 Å². The van der Waals surface area contributed by atoms with Gasteiger partial charge in [0, 0.05) is 33.2 Å². The van der Waals surface area contributed by atoms with Crippen LogP contribution in [0.3, 0.4) is 0 Å². The minimum atomic E-state index is -0.242. The Morgan fingerprint density at radius 3 is 2.47 bits per heavy atom. The number of ether oxygens (including phenoxy) is 1. The third-order valence-corrected chi connectivity index (χ3v) is 6.34. The van der Waals surface area contributed by atoms with Gasteiger partial charge in [0.2, 0.25) is 5.91 Å². The van der Waals surface area contributed by atoms with Gasteiger partial charge >= 0.3 is 0 Å². The Morgan fingerprint density at radius 1 is 1.12 bits per heavy atom. The fraction of sp³-hybridized carbons (Fsp3) is 0.667. The van der Waals surface area contributed by atoms with Gasteiger partial charge in [0.15, 0.2) is 5.96 Å². The highest BCUT2D eigenvalue weighted by Gasteiger charge is 2.27. The van der Waals surface area contributed by atoms with Crippen LogP contribution >= 0.6 is 24.0 Å². The van der Waals surface area contributed by atoms with Gasteiger partial charge < -0.3 is 25.2 Å². The molecule has 0 bridgehead atoms. The largest absolute Gasteiger partial charge is 0.378 e. The van der Waals surface area contributed by atoms with E-state index in [4.69, 9.17) is 4.74 Å². The minimum absolute atomic E-state index is 0. The van der Waals surface area contributed by atoms with Gasteiger partial charge in [-0.3, -0.25) is 9.79 Å². The Hall–Kier alpha value is -1.39. The number of benzene rings is 1. The van der Waals surface area contributed by atoms with Crippen molar-refractivity contribution >= 4 is 35.8 Å². The molecule has 0 aliphatic carbocycles. The van der Waals surface area contributed by atoms with Crippen LogP contribution in [-0.4, -0.2) is 87.7 Å². The van der Waals surface area contributed by atoms with Gasteiger partial charge in [-0.25, -0.2) is 0 Å². The number of carbonyl (C=O) groups excluding carboxylic acids is 1. The summed E-state index contributed by atoms with van der Waals surface area (Å²) in [6, 6.07) is 10.0. The number of nitrogens with zero attached hydrogens (tertiary/aromatic N) is 3. The quantitative estimate of drug-likeness (QED) is 0.223. The topological polar surface area (TPSA) is 69.2 Å². The first-order valence-electron chi connectivity index (χ1n) is 11.8. The Balaban J connectivity index is 0.00000363. The number of nitrogens with one attached hydrogen (secondary N) is 2. The van der Waals surface area contributed by atoms with E-state index in [1.165, 1.54) is 25.9 Å².